The van der Waals surface area contributed by atoms with Crippen molar-refractivity contribution in [3.05, 3.63) is 35.4 Å². The van der Waals surface area contributed by atoms with Gasteiger partial charge in [-0.25, -0.2) is 0 Å². The van der Waals surface area contributed by atoms with Crippen molar-refractivity contribution in [3.63, 3.8) is 0 Å². The highest BCUT2D eigenvalue weighted by atomic mass is 16.1. The van der Waals surface area contributed by atoms with Crippen LogP contribution in [0.4, 0.5) is 0 Å². The second-order valence-corrected chi connectivity index (χ2v) is 4.60. The van der Waals surface area contributed by atoms with E-state index in [-0.39, 0.29) is 11.9 Å². The fourth-order valence-corrected chi connectivity index (χ4v) is 1.84. The Hall–Kier alpha value is -1.35. The third-order valence-corrected chi connectivity index (χ3v) is 2.97. The maximum atomic E-state index is 11.4. The van der Waals surface area contributed by atoms with Gasteiger partial charge in [-0.1, -0.05) is 29.8 Å². The van der Waals surface area contributed by atoms with E-state index in [1.807, 2.05) is 31.2 Å². The number of aryl methyl sites for hydroxylation is 1. The minimum absolute atomic E-state index is 0.300. The molecule has 1 aromatic rings. The molecule has 0 aromatic heterocycles. The van der Waals surface area contributed by atoms with Gasteiger partial charge in [0.2, 0.25) is 5.91 Å². The van der Waals surface area contributed by atoms with Crippen molar-refractivity contribution >= 4 is 5.91 Å². The quantitative estimate of drug-likeness (QED) is 0.787. The predicted octanol–water partition coefficient (Wildman–Crippen LogP) is 1.52. The van der Waals surface area contributed by atoms with Gasteiger partial charge in [0.05, 0.1) is 0 Å². The molecule has 1 aliphatic rings. The van der Waals surface area contributed by atoms with Crippen LogP contribution in [0.25, 0.3) is 0 Å². The first-order valence-corrected chi connectivity index (χ1v) is 5.76. The van der Waals surface area contributed by atoms with E-state index >= 15 is 0 Å². The monoisotopic (exact) mass is 218 g/mol. The average molecular weight is 218 g/mol. The summed E-state index contributed by atoms with van der Waals surface area (Å²) in [5.41, 5.74) is 7.54. The summed E-state index contributed by atoms with van der Waals surface area (Å²) in [6, 6.07) is 7.58. The molecule has 3 N–H and O–H groups in total. The van der Waals surface area contributed by atoms with Crippen LogP contribution in [-0.4, -0.2) is 12.5 Å². The molecule has 3 heteroatoms. The molecule has 0 bridgehead atoms. The van der Waals surface area contributed by atoms with Crippen LogP contribution in [0.15, 0.2) is 24.3 Å². The summed E-state index contributed by atoms with van der Waals surface area (Å²) in [5.74, 6) is 0.443. The van der Waals surface area contributed by atoms with E-state index in [1.54, 1.807) is 0 Å². The molecule has 0 spiro atoms. The third-order valence-electron chi connectivity index (χ3n) is 2.97. The van der Waals surface area contributed by atoms with Gasteiger partial charge in [0.15, 0.2) is 0 Å². The predicted molar refractivity (Wildman–Crippen MR) is 63.8 cm³/mol. The van der Waals surface area contributed by atoms with E-state index in [9.17, 15) is 4.79 Å². The van der Waals surface area contributed by atoms with E-state index in [4.69, 9.17) is 5.73 Å². The number of nitrogens with two attached hydrogens (primary N) is 1. The molecule has 0 heterocycles. The number of rotatable bonds is 5. The lowest BCUT2D eigenvalue weighted by Gasteiger charge is -2.16. The molecule has 1 fully saturated rings. The van der Waals surface area contributed by atoms with E-state index in [1.165, 1.54) is 12.8 Å². The van der Waals surface area contributed by atoms with Crippen LogP contribution in [-0.2, 0) is 4.79 Å². The van der Waals surface area contributed by atoms with Crippen molar-refractivity contribution in [1.82, 2.24) is 5.32 Å². The molecule has 1 aliphatic carbocycles. The fourth-order valence-electron chi connectivity index (χ4n) is 1.84. The molecule has 2 rings (SSSR count). The van der Waals surface area contributed by atoms with Gasteiger partial charge in [0, 0.05) is 0 Å². The van der Waals surface area contributed by atoms with Gasteiger partial charge in [-0.3, -0.25) is 4.79 Å². The number of carbonyl (C=O) groups is 1. The van der Waals surface area contributed by atoms with Gasteiger partial charge in [-0.05, 0) is 37.8 Å². The maximum absolute atomic E-state index is 11.4. The second kappa shape index (κ2) is 4.66. The summed E-state index contributed by atoms with van der Waals surface area (Å²) in [4.78, 5) is 11.4. The van der Waals surface area contributed by atoms with Gasteiger partial charge in [0.25, 0.3) is 0 Å². The Morgan fingerprint density at radius 3 is 2.88 bits per heavy atom. The van der Waals surface area contributed by atoms with Crippen LogP contribution < -0.4 is 11.1 Å². The number of hydrogen-bond donors (Lipinski definition) is 2. The van der Waals surface area contributed by atoms with Crippen molar-refractivity contribution in [2.45, 2.75) is 25.8 Å². The summed E-state index contributed by atoms with van der Waals surface area (Å²) in [5, 5.41) is 3.25. The standard InChI is InChI=1S/C13H18N2O/c1-9-3-2-4-11(7-9)12(13(14)16)15-8-10-5-6-10/h2-4,7,10,12,15H,5-6,8H2,1H3,(H2,14,16). The Kier molecular flexibility index (Phi) is 3.25. The summed E-state index contributed by atoms with van der Waals surface area (Å²) >= 11 is 0. The summed E-state index contributed by atoms with van der Waals surface area (Å²) in [7, 11) is 0. The number of amides is 1. The van der Waals surface area contributed by atoms with E-state index < -0.39 is 0 Å². The zero-order chi connectivity index (χ0) is 11.5. The Morgan fingerprint density at radius 2 is 2.31 bits per heavy atom. The van der Waals surface area contributed by atoms with Gasteiger partial charge in [0.1, 0.15) is 6.04 Å². The molecular formula is C13H18N2O. The molecule has 3 nitrogen and oxygen atoms in total. The van der Waals surface area contributed by atoms with Crippen molar-refractivity contribution in [2.24, 2.45) is 11.7 Å². The van der Waals surface area contributed by atoms with E-state index in [0.717, 1.165) is 23.6 Å². The first-order valence-electron chi connectivity index (χ1n) is 5.76. The highest BCUT2D eigenvalue weighted by molar-refractivity contribution is 5.81. The zero-order valence-electron chi connectivity index (χ0n) is 9.57. The Bertz CT molecular complexity index is 385. The molecule has 86 valence electrons. The highest BCUT2D eigenvalue weighted by Crippen LogP contribution is 2.28. The Labute approximate surface area is 96.0 Å². The van der Waals surface area contributed by atoms with Gasteiger partial charge >= 0.3 is 0 Å². The lowest BCUT2D eigenvalue weighted by molar-refractivity contribution is -0.120. The Balaban J connectivity index is 2.07. The lowest BCUT2D eigenvalue weighted by Crippen LogP contribution is -2.34. The van der Waals surface area contributed by atoms with Crippen LogP contribution in [0.5, 0.6) is 0 Å². The highest BCUT2D eigenvalue weighted by Gasteiger charge is 2.24. The first kappa shape index (κ1) is 11.1. The summed E-state index contributed by atoms with van der Waals surface area (Å²) < 4.78 is 0. The minimum Gasteiger partial charge on any atom is -0.368 e. The average Bonchev–Trinajstić information content (AvgIpc) is 3.01. The number of carbonyl (C=O) groups excluding carboxylic acids is 1. The number of nitrogens with one attached hydrogen (secondary N) is 1. The molecular weight excluding hydrogens is 200 g/mol. The van der Waals surface area contributed by atoms with Crippen molar-refractivity contribution < 1.29 is 4.79 Å². The number of hydrogen-bond acceptors (Lipinski definition) is 2. The second-order valence-electron chi connectivity index (χ2n) is 4.60. The molecule has 0 saturated heterocycles. The van der Waals surface area contributed by atoms with Gasteiger partial charge in [-0.2, -0.15) is 0 Å². The van der Waals surface area contributed by atoms with Gasteiger partial charge in [-0.15, -0.1) is 0 Å². The molecule has 1 unspecified atom stereocenters. The minimum atomic E-state index is -0.347. The van der Waals surface area contributed by atoms with Crippen LogP contribution in [0, 0.1) is 12.8 Å². The fraction of sp³-hybridized carbons (Fsp3) is 0.462. The van der Waals surface area contributed by atoms with Crippen molar-refractivity contribution in [3.8, 4) is 0 Å². The van der Waals surface area contributed by atoms with E-state index in [2.05, 4.69) is 5.32 Å². The summed E-state index contributed by atoms with van der Waals surface area (Å²) in [6.45, 7) is 2.91. The smallest absolute Gasteiger partial charge is 0.239 e. The maximum Gasteiger partial charge on any atom is 0.239 e. The SMILES string of the molecule is Cc1cccc(C(NCC2CC2)C(N)=O)c1. The van der Waals surface area contributed by atoms with Gasteiger partial charge < -0.3 is 11.1 Å². The normalized spacial score (nSPS) is 17.1. The lowest BCUT2D eigenvalue weighted by atomic mass is 10.0. The van der Waals surface area contributed by atoms with Crippen LogP contribution >= 0.6 is 0 Å². The zero-order valence-corrected chi connectivity index (χ0v) is 9.57. The largest absolute Gasteiger partial charge is 0.368 e. The number of benzene rings is 1. The summed E-state index contributed by atoms with van der Waals surface area (Å²) in [6.07, 6.45) is 2.54. The first-order chi connectivity index (χ1) is 7.66. The van der Waals surface area contributed by atoms with Crippen LogP contribution in [0.2, 0.25) is 0 Å². The molecule has 1 amide bonds. The number of primary amides is 1. The molecule has 16 heavy (non-hydrogen) atoms. The third kappa shape index (κ3) is 2.83. The molecule has 1 aromatic carbocycles. The molecule has 0 aliphatic heterocycles. The topological polar surface area (TPSA) is 55.1 Å². The van der Waals surface area contributed by atoms with Crippen LogP contribution in [0.1, 0.15) is 30.0 Å². The van der Waals surface area contributed by atoms with Crippen LogP contribution in [0.3, 0.4) is 0 Å². The Morgan fingerprint density at radius 1 is 1.56 bits per heavy atom. The molecule has 1 saturated carbocycles. The van der Waals surface area contributed by atoms with E-state index in [0.29, 0.717) is 0 Å². The molecule has 0 radical (unpaired) electrons. The molecule has 1 atom stereocenters. The van der Waals surface area contributed by atoms with Crippen molar-refractivity contribution in [2.75, 3.05) is 6.54 Å². The van der Waals surface area contributed by atoms with Crippen molar-refractivity contribution in [1.29, 1.82) is 0 Å².